The van der Waals surface area contributed by atoms with Gasteiger partial charge in [-0.1, -0.05) is 6.07 Å². The maximum absolute atomic E-state index is 12.8. The molecule has 1 aromatic heterocycles. The quantitative estimate of drug-likeness (QED) is 0.205. The molecule has 11 nitrogen and oxygen atoms in total. The predicted molar refractivity (Wildman–Crippen MR) is 126 cm³/mol. The number of fused-ring (bicyclic) bond motifs is 1. The molecule has 2 amide bonds. The fourth-order valence-electron chi connectivity index (χ4n) is 3.96. The lowest BCUT2D eigenvalue weighted by Gasteiger charge is -2.21. The number of amides is 2. The number of nitrogens with zero attached hydrogens (tertiary/aromatic N) is 2. The summed E-state index contributed by atoms with van der Waals surface area (Å²) in [5.74, 6) is -0.743. The van der Waals surface area contributed by atoms with E-state index in [4.69, 9.17) is 18.9 Å². The highest BCUT2D eigenvalue weighted by Crippen LogP contribution is 2.24. The molecule has 35 heavy (non-hydrogen) atoms. The van der Waals surface area contributed by atoms with Crippen LogP contribution in [0, 0.1) is 0 Å². The van der Waals surface area contributed by atoms with Crippen LogP contribution in [0.1, 0.15) is 30.9 Å². The van der Waals surface area contributed by atoms with Gasteiger partial charge >= 0.3 is 5.69 Å². The Bertz CT molecular complexity index is 1060. The molecule has 1 fully saturated rings. The van der Waals surface area contributed by atoms with Gasteiger partial charge in [0.2, 0.25) is 11.8 Å². The van der Waals surface area contributed by atoms with Gasteiger partial charge in [-0.3, -0.25) is 24.0 Å². The topological polar surface area (TPSA) is 127 Å². The summed E-state index contributed by atoms with van der Waals surface area (Å²) in [5, 5.41) is 2.32. The number of ether oxygens (including phenoxy) is 4. The first-order valence-corrected chi connectivity index (χ1v) is 11.8. The molecule has 0 spiro atoms. The van der Waals surface area contributed by atoms with Gasteiger partial charge in [0, 0.05) is 20.1 Å². The Morgan fingerprint density at radius 3 is 2.26 bits per heavy atom. The molecule has 2 heterocycles. The lowest BCUT2D eigenvalue weighted by atomic mass is 10.1. The largest absolute Gasteiger partial charge is 0.379 e. The van der Waals surface area contributed by atoms with E-state index >= 15 is 0 Å². The molecule has 1 aliphatic rings. The van der Waals surface area contributed by atoms with Crippen molar-refractivity contribution in [1.82, 2.24) is 14.5 Å². The predicted octanol–water partition coefficient (Wildman–Crippen LogP) is 0.516. The molecule has 0 bridgehead atoms. The van der Waals surface area contributed by atoms with E-state index in [-0.39, 0.29) is 24.6 Å². The van der Waals surface area contributed by atoms with Crippen molar-refractivity contribution in [3.05, 3.63) is 34.2 Å². The Hall–Kier alpha value is -2.86. The molecule has 11 heteroatoms. The highest BCUT2D eigenvalue weighted by atomic mass is 16.6. The second kappa shape index (κ2) is 13.9. The van der Waals surface area contributed by atoms with Gasteiger partial charge in [-0.2, -0.15) is 0 Å². The third-order valence-corrected chi connectivity index (χ3v) is 5.73. The average Bonchev–Trinajstić information content (AvgIpc) is 3.09. The SMILES string of the molecule is Cn1c(=O)n(C2CCC(=O)NC2=O)c2ccc(CCCOCCOCCOCCOCC=O)cc21. The van der Waals surface area contributed by atoms with Gasteiger partial charge in [0.25, 0.3) is 0 Å². The van der Waals surface area contributed by atoms with Crippen molar-refractivity contribution in [2.75, 3.05) is 52.9 Å². The second-order valence-electron chi connectivity index (χ2n) is 8.18. The first kappa shape index (κ1) is 26.7. The summed E-state index contributed by atoms with van der Waals surface area (Å²) in [6, 6.07) is 5.10. The Morgan fingerprint density at radius 1 is 0.943 bits per heavy atom. The standard InChI is InChI=1S/C24H33N3O8/c1-26-21-17-18(3-2-9-32-11-13-34-15-16-35-14-12-33-10-8-28)4-5-19(21)27(24(26)31)20-6-7-22(29)25-23(20)30/h4-5,8,17,20H,2-3,6-7,9-16H2,1H3,(H,25,29,30). The average molecular weight is 492 g/mol. The molecule has 1 saturated heterocycles. The van der Waals surface area contributed by atoms with E-state index in [0.717, 1.165) is 23.9 Å². The summed E-state index contributed by atoms with van der Waals surface area (Å²) in [4.78, 5) is 46.7. The number of benzene rings is 1. The summed E-state index contributed by atoms with van der Waals surface area (Å²) in [6.07, 6.45) is 2.84. The van der Waals surface area contributed by atoms with Crippen molar-refractivity contribution in [3.8, 4) is 0 Å². The number of rotatable bonds is 16. The number of carbonyl (C=O) groups excluding carboxylic acids is 3. The van der Waals surface area contributed by atoms with Crippen LogP contribution in [-0.2, 0) is 46.8 Å². The van der Waals surface area contributed by atoms with Crippen LogP contribution in [0.4, 0.5) is 0 Å². The molecular formula is C24H33N3O8. The van der Waals surface area contributed by atoms with Gasteiger partial charge in [-0.05, 0) is 37.0 Å². The molecule has 3 rings (SSSR count). The molecule has 1 aromatic carbocycles. The van der Waals surface area contributed by atoms with Crippen LogP contribution in [0.15, 0.2) is 23.0 Å². The Balaban J connectivity index is 1.37. The minimum Gasteiger partial charge on any atom is -0.379 e. The fourth-order valence-corrected chi connectivity index (χ4v) is 3.96. The van der Waals surface area contributed by atoms with E-state index in [1.165, 1.54) is 4.57 Å². The molecule has 1 atom stereocenters. The van der Waals surface area contributed by atoms with E-state index in [0.29, 0.717) is 64.5 Å². The van der Waals surface area contributed by atoms with Crippen LogP contribution in [0.2, 0.25) is 0 Å². The zero-order valence-corrected chi connectivity index (χ0v) is 20.0. The first-order chi connectivity index (χ1) is 17.0. The van der Waals surface area contributed by atoms with Crippen LogP contribution >= 0.6 is 0 Å². The van der Waals surface area contributed by atoms with Crippen LogP contribution < -0.4 is 11.0 Å². The molecule has 1 unspecified atom stereocenters. The number of aldehydes is 1. The van der Waals surface area contributed by atoms with Crippen LogP contribution in [0.3, 0.4) is 0 Å². The van der Waals surface area contributed by atoms with Crippen molar-refractivity contribution in [2.24, 2.45) is 7.05 Å². The highest BCUT2D eigenvalue weighted by molar-refractivity contribution is 6.00. The summed E-state index contributed by atoms with van der Waals surface area (Å²) < 4.78 is 24.3. The number of hydrogen-bond acceptors (Lipinski definition) is 8. The van der Waals surface area contributed by atoms with Crippen molar-refractivity contribution >= 4 is 29.1 Å². The third kappa shape index (κ3) is 7.56. The van der Waals surface area contributed by atoms with Crippen LogP contribution in [-0.4, -0.2) is 80.1 Å². The Kier molecular flexibility index (Phi) is 10.6. The highest BCUT2D eigenvalue weighted by Gasteiger charge is 2.31. The van der Waals surface area contributed by atoms with E-state index in [1.807, 2.05) is 18.2 Å². The molecule has 2 aromatic rings. The van der Waals surface area contributed by atoms with E-state index in [1.54, 1.807) is 11.6 Å². The number of hydrogen-bond donors (Lipinski definition) is 1. The lowest BCUT2D eigenvalue weighted by molar-refractivity contribution is -0.135. The second-order valence-corrected chi connectivity index (χ2v) is 8.18. The zero-order valence-electron chi connectivity index (χ0n) is 20.0. The number of aromatic nitrogens is 2. The number of piperidine rings is 1. The monoisotopic (exact) mass is 491 g/mol. The van der Waals surface area contributed by atoms with Crippen LogP contribution in [0.25, 0.3) is 11.0 Å². The molecular weight excluding hydrogens is 458 g/mol. The van der Waals surface area contributed by atoms with Crippen LogP contribution in [0.5, 0.6) is 0 Å². The van der Waals surface area contributed by atoms with Gasteiger partial charge in [0.1, 0.15) is 18.9 Å². The number of imidazole rings is 1. The van der Waals surface area contributed by atoms with Gasteiger partial charge in [-0.25, -0.2) is 4.79 Å². The minimum absolute atomic E-state index is 0.0869. The van der Waals surface area contributed by atoms with E-state index in [2.05, 4.69) is 5.32 Å². The zero-order chi connectivity index (χ0) is 25.0. The van der Waals surface area contributed by atoms with Crippen molar-refractivity contribution in [1.29, 1.82) is 0 Å². The summed E-state index contributed by atoms with van der Waals surface area (Å²) in [7, 11) is 1.69. The minimum atomic E-state index is -0.681. The smallest absolute Gasteiger partial charge is 0.329 e. The van der Waals surface area contributed by atoms with Gasteiger partial charge < -0.3 is 23.7 Å². The molecule has 0 aliphatic carbocycles. The molecule has 0 radical (unpaired) electrons. The number of imide groups is 1. The lowest BCUT2D eigenvalue weighted by Crippen LogP contribution is -2.44. The molecule has 1 N–H and O–H groups in total. The van der Waals surface area contributed by atoms with E-state index in [9.17, 15) is 19.2 Å². The van der Waals surface area contributed by atoms with Crippen molar-refractivity contribution < 1.29 is 33.3 Å². The maximum Gasteiger partial charge on any atom is 0.329 e. The van der Waals surface area contributed by atoms with Gasteiger partial charge in [-0.15, -0.1) is 0 Å². The normalized spacial score (nSPS) is 16.1. The first-order valence-electron chi connectivity index (χ1n) is 11.8. The number of aryl methyl sites for hydroxylation is 2. The third-order valence-electron chi connectivity index (χ3n) is 5.73. The number of carbonyl (C=O) groups is 3. The van der Waals surface area contributed by atoms with Crippen molar-refractivity contribution in [2.45, 2.75) is 31.7 Å². The Labute approximate surface area is 203 Å². The summed E-state index contributed by atoms with van der Waals surface area (Å²) >= 11 is 0. The van der Waals surface area contributed by atoms with Crippen molar-refractivity contribution in [3.63, 3.8) is 0 Å². The molecule has 192 valence electrons. The summed E-state index contributed by atoms with van der Waals surface area (Å²) in [6.45, 7) is 3.38. The van der Waals surface area contributed by atoms with E-state index < -0.39 is 11.9 Å². The number of nitrogens with one attached hydrogen (secondary N) is 1. The molecule has 1 aliphatic heterocycles. The maximum atomic E-state index is 12.8. The van der Waals surface area contributed by atoms with Gasteiger partial charge in [0.15, 0.2) is 0 Å². The summed E-state index contributed by atoms with van der Waals surface area (Å²) in [5.41, 5.74) is 2.24. The molecule has 0 saturated carbocycles. The van der Waals surface area contributed by atoms with Gasteiger partial charge in [0.05, 0.1) is 50.7 Å². The Morgan fingerprint density at radius 2 is 1.60 bits per heavy atom. The fraction of sp³-hybridized carbons (Fsp3) is 0.583.